The van der Waals surface area contributed by atoms with Gasteiger partial charge in [0.25, 0.3) is 0 Å². The van der Waals surface area contributed by atoms with E-state index in [0.717, 1.165) is 17.1 Å². The van der Waals surface area contributed by atoms with Crippen LogP contribution >= 0.6 is 12.4 Å². The van der Waals surface area contributed by atoms with E-state index in [1.807, 2.05) is 32.2 Å². The summed E-state index contributed by atoms with van der Waals surface area (Å²) in [6.07, 6.45) is 0. The molecular weight excluding hydrogens is 268 g/mol. The van der Waals surface area contributed by atoms with E-state index in [1.165, 1.54) is 0 Å². The monoisotopic (exact) mass is 286 g/mol. The molecule has 1 heterocycles. The second kappa shape index (κ2) is 7.21. The van der Waals surface area contributed by atoms with Crippen molar-refractivity contribution >= 4 is 18.3 Å². The van der Waals surface area contributed by atoms with Crippen molar-refractivity contribution in [1.29, 1.82) is 0 Å². The van der Waals surface area contributed by atoms with Gasteiger partial charge in [-0.1, -0.05) is 19.1 Å². The number of amides is 1. The summed E-state index contributed by atoms with van der Waals surface area (Å²) in [4.78, 5) is 11.8. The van der Waals surface area contributed by atoms with E-state index < -0.39 is 0 Å². The van der Waals surface area contributed by atoms with Crippen LogP contribution in [0.25, 0.3) is 0 Å². The quantitative estimate of drug-likeness (QED) is 0.857. The molecule has 0 spiro atoms. The molecule has 1 atom stereocenters. The van der Waals surface area contributed by atoms with Gasteiger partial charge >= 0.3 is 0 Å². The molecule has 1 aliphatic heterocycles. The molecule has 1 unspecified atom stereocenters. The first-order chi connectivity index (χ1) is 8.72. The standard InChI is InChI=1S/C13H18N2O3.ClH/c1-9(6-14-2)13(16)15-7-10-4-3-5-11-12(10)18-8-17-11;/h3-5,9,14H,6-8H2,1-2H3,(H,15,16);1H. The minimum absolute atomic E-state index is 0. The van der Waals surface area contributed by atoms with E-state index in [4.69, 9.17) is 9.47 Å². The minimum atomic E-state index is -0.0519. The van der Waals surface area contributed by atoms with Crippen molar-refractivity contribution in [2.45, 2.75) is 13.5 Å². The summed E-state index contributed by atoms with van der Waals surface area (Å²) in [7, 11) is 1.83. The Balaban J connectivity index is 0.00000180. The molecule has 1 aromatic carbocycles. The third-order valence-electron chi connectivity index (χ3n) is 2.89. The van der Waals surface area contributed by atoms with Crippen LogP contribution in [0.4, 0.5) is 0 Å². The highest BCUT2D eigenvalue weighted by Gasteiger charge is 2.18. The molecule has 0 bridgehead atoms. The molecule has 19 heavy (non-hydrogen) atoms. The average Bonchev–Trinajstić information content (AvgIpc) is 2.84. The molecule has 1 aliphatic rings. The highest BCUT2D eigenvalue weighted by molar-refractivity contribution is 5.85. The van der Waals surface area contributed by atoms with Gasteiger partial charge in [0.2, 0.25) is 12.7 Å². The zero-order valence-electron chi connectivity index (χ0n) is 11.1. The van der Waals surface area contributed by atoms with Crippen LogP contribution in [0.1, 0.15) is 12.5 Å². The molecule has 1 amide bonds. The zero-order valence-corrected chi connectivity index (χ0v) is 11.9. The summed E-state index contributed by atoms with van der Waals surface area (Å²) >= 11 is 0. The van der Waals surface area contributed by atoms with Gasteiger partial charge in [0.05, 0.1) is 0 Å². The number of ether oxygens (including phenoxy) is 2. The van der Waals surface area contributed by atoms with Gasteiger partial charge in [-0.2, -0.15) is 0 Å². The van der Waals surface area contributed by atoms with Crippen molar-refractivity contribution in [2.75, 3.05) is 20.4 Å². The minimum Gasteiger partial charge on any atom is -0.454 e. The Hall–Kier alpha value is -1.46. The van der Waals surface area contributed by atoms with Crippen molar-refractivity contribution < 1.29 is 14.3 Å². The fourth-order valence-corrected chi connectivity index (χ4v) is 1.89. The van der Waals surface area contributed by atoms with Crippen LogP contribution in [0.15, 0.2) is 18.2 Å². The second-order valence-electron chi connectivity index (χ2n) is 4.33. The summed E-state index contributed by atoms with van der Waals surface area (Å²) in [6.45, 7) is 3.26. The van der Waals surface area contributed by atoms with Crippen LogP contribution in [0.2, 0.25) is 0 Å². The average molecular weight is 287 g/mol. The van der Waals surface area contributed by atoms with E-state index in [0.29, 0.717) is 13.1 Å². The first-order valence-electron chi connectivity index (χ1n) is 6.02. The first-order valence-corrected chi connectivity index (χ1v) is 6.02. The number of fused-ring (bicyclic) bond motifs is 1. The van der Waals surface area contributed by atoms with E-state index in [2.05, 4.69) is 10.6 Å². The lowest BCUT2D eigenvalue weighted by molar-refractivity contribution is -0.124. The summed E-state index contributed by atoms with van der Waals surface area (Å²) < 4.78 is 10.7. The van der Waals surface area contributed by atoms with Gasteiger partial charge in [-0.3, -0.25) is 4.79 Å². The molecule has 106 valence electrons. The van der Waals surface area contributed by atoms with Crippen molar-refractivity contribution in [1.82, 2.24) is 10.6 Å². The summed E-state index contributed by atoms with van der Waals surface area (Å²) in [5.74, 6) is 1.45. The number of hydrogen-bond donors (Lipinski definition) is 2. The maximum atomic E-state index is 11.8. The van der Waals surface area contributed by atoms with Crippen LogP contribution in [0, 0.1) is 5.92 Å². The summed E-state index contributed by atoms with van der Waals surface area (Å²) in [5.41, 5.74) is 0.940. The topological polar surface area (TPSA) is 59.6 Å². The van der Waals surface area contributed by atoms with Crippen LogP contribution in [-0.4, -0.2) is 26.3 Å². The molecule has 0 aliphatic carbocycles. The molecule has 5 nitrogen and oxygen atoms in total. The van der Waals surface area contributed by atoms with Crippen molar-refractivity contribution in [3.8, 4) is 11.5 Å². The number of benzene rings is 1. The van der Waals surface area contributed by atoms with Gasteiger partial charge < -0.3 is 20.1 Å². The number of nitrogens with one attached hydrogen (secondary N) is 2. The molecule has 0 saturated carbocycles. The summed E-state index contributed by atoms with van der Waals surface area (Å²) in [6, 6.07) is 5.68. The van der Waals surface area contributed by atoms with Crippen LogP contribution in [0.3, 0.4) is 0 Å². The van der Waals surface area contributed by atoms with Crippen molar-refractivity contribution in [3.05, 3.63) is 23.8 Å². The second-order valence-corrected chi connectivity index (χ2v) is 4.33. The molecule has 0 saturated heterocycles. The Morgan fingerprint density at radius 3 is 2.95 bits per heavy atom. The van der Waals surface area contributed by atoms with Gasteiger partial charge in [0, 0.05) is 24.6 Å². The number of hydrogen-bond acceptors (Lipinski definition) is 4. The Kier molecular flexibility index (Phi) is 5.92. The number of halogens is 1. The third-order valence-corrected chi connectivity index (χ3v) is 2.89. The molecule has 1 aromatic rings. The van der Waals surface area contributed by atoms with Crippen molar-refractivity contribution in [3.63, 3.8) is 0 Å². The predicted octanol–water partition coefficient (Wildman–Crippen LogP) is 1.31. The molecule has 2 N–H and O–H groups in total. The Bertz CT molecular complexity index is 440. The Morgan fingerprint density at radius 2 is 2.21 bits per heavy atom. The van der Waals surface area contributed by atoms with Crippen LogP contribution < -0.4 is 20.1 Å². The zero-order chi connectivity index (χ0) is 13.0. The van der Waals surface area contributed by atoms with E-state index in [1.54, 1.807) is 0 Å². The normalized spacial score (nSPS) is 13.6. The number of para-hydroxylation sites is 1. The molecule has 0 fully saturated rings. The fraction of sp³-hybridized carbons (Fsp3) is 0.462. The van der Waals surface area contributed by atoms with E-state index >= 15 is 0 Å². The third kappa shape index (κ3) is 3.75. The first kappa shape index (κ1) is 15.6. The van der Waals surface area contributed by atoms with Crippen LogP contribution in [0.5, 0.6) is 11.5 Å². The fourth-order valence-electron chi connectivity index (χ4n) is 1.89. The largest absolute Gasteiger partial charge is 0.454 e. The van der Waals surface area contributed by atoms with Gasteiger partial charge in [-0.15, -0.1) is 12.4 Å². The molecule has 0 radical (unpaired) electrons. The molecular formula is C13H19ClN2O3. The molecule has 2 rings (SSSR count). The highest BCUT2D eigenvalue weighted by atomic mass is 35.5. The highest BCUT2D eigenvalue weighted by Crippen LogP contribution is 2.35. The SMILES string of the molecule is CNCC(C)C(=O)NCc1cccc2c1OCO2.Cl. The molecule has 6 heteroatoms. The van der Waals surface area contributed by atoms with Crippen LogP contribution in [-0.2, 0) is 11.3 Å². The lowest BCUT2D eigenvalue weighted by Gasteiger charge is -2.12. The maximum Gasteiger partial charge on any atom is 0.231 e. The lowest BCUT2D eigenvalue weighted by atomic mass is 10.1. The van der Waals surface area contributed by atoms with E-state index in [9.17, 15) is 4.79 Å². The van der Waals surface area contributed by atoms with E-state index in [-0.39, 0.29) is 31.0 Å². The number of rotatable bonds is 5. The van der Waals surface area contributed by atoms with Gasteiger partial charge in [-0.25, -0.2) is 0 Å². The van der Waals surface area contributed by atoms with Gasteiger partial charge in [0.1, 0.15) is 0 Å². The number of carbonyl (C=O) groups is 1. The summed E-state index contributed by atoms with van der Waals surface area (Å²) in [5, 5.41) is 5.88. The molecule has 0 aromatic heterocycles. The Labute approximate surface area is 119 Å². The predicted molar refractivity (Wildman–Crippen MR) is 74.8 cm³/mol. The van der Waals surface area contributed by atoms with Gasteiger partial charge in [-0.05, 0) is 13.1 Å². The maximum absolute atomic E-state index is 11.8. The van der Waals surface area contributed by atoms with Gasteiger partial charge in [0.15, 0.2) is 11.5 Å². The number of carbonyl (C=O) groups excluding carboxylic acids is 1. The Morgan fingerprint density at radius 1 is 1.42 bits per heavy atom. The van der Waals surface area contributed by atoms with Crippen molar-refractivity contribution in [2.24, 2.45) is 5.92 Å². The smallest absolute Gasteiger partial charge is 0.231 e. The lowest BCUT2D eigenvalue weighted by Crippen LogP contribution is -2.33.